The van der Waals surface area contributed by atoms with Gasteiger partial charge in [0.15, 0.2) is 11.5 Å². The molecule has 0 saturated heterocycles. The molecule has 0 fully saturated rings. The van der Waals surface area contributed by atoms with Gasteiger partial charge in [0.25, 0.3) is 0 Å². The largest absolute Gasteiger partial charge is 0.493 e. The van der Waals surface area contributed by atoms with Crippen molar-refractivity contribution in [2.45, 2.75) is 20.3 Å². The molecule has 4 nitrogen and oxygen atoms in total. The Morgan fingerprint density at radius 1 is 1.12 bits per heavy atom. The van der Waals surface area contributed by atoms with E-state index in [-0.39, 0.29) is 5.91 Å². The first kappa shape index (κ1) is 17.6. The van der Waals surface area contributed by atoms with Gasteiger partial charge in [0.05, 0.1) is 13.7 Å². The molecule has 2 aromatic rings. The van der Waals surface area contributed by atoms with E-state index in [2.05, 4.69) is 12.2 Å². The first-order valence-corrected chi connectivity index (χ1v) is 8.05. The summed E-state index contributed by atoms with van der Waals surface area (Å²) in [4.78, 5) is 12.1. The number of aryl methyl sites for hydroxylation is 1. The fourth-order valence-electron chi connectivity index (χ4n) is 2.29. The average Bonchev–Trinajstić information content (AvgIpc) is 2.61. The molecule has 0 aliphatic carbocycles. The Hall–Kier alpha value is -2.75. The van der Waals surface area contributed by atoms with Gasteiger partial charge >= 0.3 is 0 Å². The zero-order valence-corrected chi connectivity index (χ0v) is 14.3. The molecule has 2 aromatic carbocycles. The van der Waals surface area contributed by atoms with Gasteiger partial charge in [-0.2, -0.15) is 0 Å². The maximum atomic E-state index is 12.1. The molecule has 0 aromatic heterocycles. The van der Waals surface area contributed by atoms with Gasteiger partial charge in [0, 0.05) is 11.8 Å². The minimum Gasteiger partial charge on any atom is -0.493 e. The van der Waals surface area contributed by atoms with Crippen LogP contribution in [0.25, 0.3) is 6.08 Å². The monoisotopic (exact) mass is 325 g/mol. The van der Waals surface area contributed by atoms with Crippen molar-refractivity contribution in [3.05, 3.63) is 59.7 Å². The normalized spacial score (nSPS) is 10.6. The fraction of sp³-hybridized carbons (Fsp3) is 0.250. The molecule has 0 radical (unpaired) electrons. The van der Waals surface area contributed by atoms with Gasteiger partial charge in [-0.25, -0.2) is 0 Å². The number of anilines is 1. The Labute approximate surface area is 143 Å². The number of hydrogen-bond acceptors (Lipinski definition) is 3. The first-order valence-electron chi connectivity index (χ1n) is 8.05. The number of carbonyl (C=O) groups excluding carboxylic acids is 1. The van der Waals surface area contributed by atoms with E-state index >= 15 is 0 Å². The van der Waals surface area contributed by atoms with E-state index in [0.717, 1.165) is 17.7 Å². The van der Waals surface area contributed by atoms with Crippen molar-refractivity contribution in [1.29, 1.82) is 0 Å². The number of amides is 1. The predicted molar refractivity (Wildman–Crippen MR) is 97.6 cm³/mol. The molecule has 1 N–H and O–H groups in total. The molecule has 0 atom stereocenters. The number of hydrogen-bond donors (Lipinski definition) is 1. The lowest BCUT2D eigenvalue weighted by molar-refractivity contribution is -0.111. The molecule has 0 spiro atoms. The van der Waals surface area contributed by atoms with Crippen LogP contribution in [0.4, 0.5) is 5.69 Å². The van der Waals surface area contributed by atoms with Gasteiger partial charge in [-0.1, -0.05) is 25.1 Å². The van der Waals surface area contributed by atoms with E-state index < -0.39 is 0 Å². The molecular weight excluding hydrogens is 302 g/mol. The lowest BCUT2D eigenvalue weighted by Gasteiger charge is -2.09. The van der Waals surface area contributed by atoms with Crippen molar-refractivity contribution in [1.82, 2.24) is 0 Å². The lowest BCUT2D eigenvalue weighted by Crippen LogP contribution is -2.07. The van der Waals surface area contributed by atoms with Crippen LogP contribution in [-0.4, -0.2) is 19.6 Å². The first-order chi connectivity index (χ1) is 11.7. The third-order valence-electron chi connectivity index (χ3n) is 3.52. The summed E-state index contributed by atoms with van der Waals surface area (Å²) < 4.78 is 10.8. The van der Waals surface area contributed by atoms with Gasteiger partial charge in [-0.05, 0) is 54.8 Å². The highest BCUT2D eigenvalue weighted by Crippen LogP contribution is 2.28. The Balaban J connectivity index is 2.05. The standard InChI is InChI=1S/C20H23NO3/c1-4-15-7-6-8-17(13-15)21-20(22)12-10-16-9-11-18(24-5-2)19(14-16)23-3/h6-14H,4-5H2,1-3H3,(H,21,22)/b12-10+. The molecular formula is C20H23NO3. The van der Waals surface area contributed by atoms with Crippen molar-refractivity contribution in [3.8, 4) is 11.5 Å². The third kappa shape index (κ3) is 4.88. The number of benzene rings is 2. The molecule has 0 heterocycles. The number of ether oxygens (including phenoxy) is 2. The third-order valence-corrected chi connectivity index (χ3v) is 3.52. The maximum Gasteiger partial charge on any atom is 0.248 e. The number of carbonyl (C=O) groups is 1. The van der Waals surface area contributed by atoms with Crippen LogP contribution in [0.1, 0.15) is 25.0 Å². The fourth-order valence-corrected chi connectivity index (χ4v) is 2.29. The average molecular weight is 325 g/mol. The van der Waals surface area contributed by atoms with E-state index in [0.29, 0.717) is 18.1 Å². The highest BCUT2D eigenvalue weighted by atomic mass is 16.5. The number of rotatable bonds is 7. The van der Waals surface area contributed by atoms with Crippen molar-refractivity contribution < 1.29 is 14.3 Å². The van der Waals surface area contributed by atoms with E-state index in [9.17, 15) is 4.79 Å². The predicted octanol–water partition coefficient (Wildman–Crippen LogP) is 4.31. The Kier molecular flexibility index (Phi) is 6.43. The summed E-state index contributed by atoms with van der Waals surface area (Å²) in [5.41, 5.74) is 2.86. The molecule has 0 bridgehead atoms. The summed E-state index contributed by atoms with van der Waals surface area (Å²) in [5, 5.41) is 2.87. The van der Waals surface area contributed by atoms with E-state index in [1.165, 1.54) is 11.6 Å². The van der Waals surface area contributed by atoms with Crippen LogP contribution in [-0.2, 0) is 11.2 Å². The Bertz CT molecular complexity index is 723. The second kappa shape index (κ2) is 8.77. The second-order valence-corrected chi connectivity index (χ2v) is 5.22. The van der Waals surface area contributed by atoms with Gasteiger partial charge in [0.1, 0.15) is 0 Å². The highest BCUT2D eigenvalue weighted by Gasteiger charge is 2.04. The van der Waals surface area contributed by atoms with Crippen LogP contribution in [0.15, 0.2) is 48.5 Å². The van der Waals surface area contributed by atoms with Crippen LogP contribution in [0, 0.1) is 0 Å². The Morgan fingerprint density at radius 3 is 2.67 bits per heavy atom. The van der Waals surface area contributed by atoms with Crippen LogP contribution in [0.3, 0.4) is 0 Å². The Morgan fingerprint density at radius 2 is 1.96 bits per heavy atom. The molecule has 0 aliphatic heterocycles. The van der Waals surface area contributed by atoms with Crippen LogP contribution in [0.2, 0.25) is 0 Å². The van der Waals surface area contributed by atoms with E-state index in [1.54, 1.807) is 13.2 Å². The zero-order valence-electron chi connectivity index (χ0n) is 14.3. The number of nitrogens with one attached hydrogen (secondary N) is 1. The smallest absolute Gasteiger partial charge is 0.248 e. The van der Waals surface area contributed by atoms with Gasteiger partial charge in [-0.3, -0.25) is 4.79 Å². The van der Waals surface area contributed by atoms with Crippen LogP contribution >= 0.6 is 0 Å². The minimum atomic E-state index is -0.170. The molecule has 4 heteroatoms. The van der Waals surface area contributed by atoms with Crippen LogP contribution < -0.4 is 14.8 Å². The van der Waals surface area contributed by atoms with Gasteiger partial charge < -0.3 is 14.8 Å². The van der Waals surface area contributed by atoms with Gasteiger partial charge in [-0.15, -0.1) is 0 Å². The minimum absolute atomic E-state index is 0.170. The van der Waals surface area contributed by atoms with Crippen molar-refractivity contribution in [2.75, 3.05) is 19.0 Å². The molecule has 24 heavy (non-hydrogen) atoms. The SMILES string of the molecule is CCOc1ccc(/C=C/C(=O)Nc2cccc(CC)c2)cc1OC. The maximum absolute atomic E-state index is 12.1. The summed E-state index contributed by atoms with van der Waals surface area (Å²) in [5.74, 6) is 1.17. The van der Waals surface area contributed by atoms with Crippen molar-refractivity contribution in [3.63, 3.8) is 0 Å². The van der Waals surface area contributed by atoms with E-state index in [1.807, 2.05) is 49.4 Å². The summed E-state index contributed by atoms with van der Waals surface area (Å²) >= 11 is 0. The molecule has 1 amide bonds. The highest BCUT2D eigenvalue weighted by molar-refractivity contribution is 6.02. The summed E-state index contributed by atoms with van der Waals surface area (Å²) in [7, 11) is 1.60. The van der Waals surface area contributed by atoms with E-state index in [4.69, 9.17) is 9.47 Å². The quantitative estimate of drug-likeness (QED) is 0.772. The topological polar surface area (TPSA) is 47.6 Å². The lowest BCUT2D eigenvalue weighted by atomic mass is 10.1. The molecule has 0 unspecified atom stereocenters. The molecule has 2 rings (SSSR count). The number of methoxy groups -OCH3 is 1. The van der Waals surface area contributed by atoms with Crippen LogP contribution in [0.5, 0.6) is 11.5 Å². The molecule has 0 aliphatic rings. The summed E-state index contributed by atoms with van der Waals surface area (Å²) in [6, 6.07) is 13.4. The summed E-state index contributed by atoms with van der Waals surface area (Å²) in [6.45, 7) is 4.58. The molecule has 0 saturated carbocycles. The van der Waals surface area contributed by atoms with Gasteiger partial charge in [0.2, 0.25) is 5.91 Å². The zero-order chi connectivity index (χ0) is 17.4. The van der Waals surface area contributed by atoms with Crippen molar-refractivity contribution in [2.24, 2.45) is 0 Å². The summed E-state index contributed by atoms with van der Waals surface area (Å²) in [6.07, 6.45) is 4.19. The second-order valence-electron chi connectivity index (χ2n) is 5.22. The molecule has 126 valence electrons. The van der Waals surface area contributed by atoms with Crippen molar-refractivity contribution >= 4 is 17.7 Å².